The zero-order chi connectivity index (χ0) is 24.1. The van der Waals surface area contributed by atoms with Crippen molar-refractivity contribution in [3.05, 3.63) is 80.0 Å². The predicted octanol–water partition coefficient (Wildman–Crippen LogP) is 4.29. The molecule has 0 spiro atoms. The fourth-order valence-corrected chi connectivity index (χ4v) is 4.61. The van der Waals surface area contributed by atoms with E-state index in [9.17, 15) is 19.7 Å². The van der Waals surface area contributed by atoms with E-state index in [0.717, 1.165) is 10.6 Å². The summed E-state index contributed by atoms with van der Waals surface area (Å²) >= 11 is 7.91. The van der Waals surface area contributed by atoms with Gasteiger partial charge in [0.05, 0.1) is 20.5 Å². The minimum Gasteiger partial charge on any atom is -0.477 e. The number of hydrogen-bond donors (Lipinski definition) is 1. The van der Waals surface area contributed by atoms with Crippen LogP contribution >= 0.6 is 22.9 Å². The summed E-state index contributed by atoms with van der Waals surface area (Å²) in [6.45, 7) is 2.09. The molecule has 0 atom stereocenters. The molecule has 0 radical (unpaired) electrons. The van der Waals surface area contributed by atoms with Crippen molar-refractivity contribution < 1.29 is 19.2 Å². The summed E-state index contributed by atoms with van der Waals surface area (Å²) in [7, 11) is 0. The second kappa shape index (κ2) is 10.5. The second-order valence-corrected chi connectivity index (χ2v) is 8.84. The predicted molar refractivity (Wildman–Crippen MR) is 131 cm³/mol. The van der Waals surface area contributed by atoms with Gasteiger partial charge in [0.2, 0.25) is 0 Å². The summed E-state index contributed by atoms with van der Waals surface area (Å²) in [4.78, 5) is 39.9. The van der Waals surface area contributed by atoms with Crippen LogP contribution in [0.25, 0.3) is 0 Å². The molecular formula is C23H21ClN4O5S. The maximum Gasteiger partial charge on any atom is 0.310 e. The highest BCUT2D eigenvalue weighted by Gasteiger charge is 2.24. The van der Waals surface area contributed by atoms with Gasteiger partial charge in [-0.15, -0.1) is 11.3 Å². The van der Waals surface area contributed by atoms with Crippen LogP contribution in [0.15, 0.2) is 60.0 Å². The molecule has 1 N–H and O–H groups in total. The number of thiophene rings is 1. The number of nitrogens with zero attached hydrogens (tertiary/aromatic N) is 3. The quantitative estimate of drug-likeness (QED) is 0.383. The number of nitro groups is 1. The van der Waals surface area contributed by atoms with Crippen molar-refractivity contribution >= 4 is 51.8 Å². The van der Waals surface area contributed by atoms with Crippen molar-refractivity contribution in [3.63, 3.8) is 0 Å². The second-order valence-electron chi connectivity index (χ2n) is 7.48. The maximum atomic E-state index is 12.5. The Bertz CT molecular complexity index is 1200. The van der Waals surface area contributed by atoms with Crippen LogP contribution in [0, 0.1) is 10.1 Å². The highest BCUT2D eigenvalue weighted by atomic mass is 35.5. The van der Waals surface area contributed by atoms with Crippen molar-refractivity contribution in [2.75, 3.05) is 43.0 Å². The Morgan fingerprint density at radius 2 is 1.85 bits per heavy atom. The van der Waals surface area contributed by atoms with Crippen LogP contribution in [0.2, 0.25) is 5.02 Å². The van der Waals surface area contributed by atoms with E-state index >= 15 is 0 Å². The molecule has 176 valence electrons. The molecule has 9 nitrogen and oxygen atoms in total. The summed E-state index contributed by atoms with van der Waals surface area (Å²) in [5, 5.41) is 16.1. The van der Waals surface area contributed by atoms with Crippen LogP contribution in [0.5, 0.6) is 5.75 Å². The Balaban J connectivity index is 1.31. The van der Waals surface area contributed by atoms with Gasteiger partial charge < -0.3 is 19.9 Å². The van der Waals surface area contributed by atoms with Gasteiger partial charge in [-0.3, -0.25) is 19.7 Å². The van der Waals surface area contributed by atoms with Gasteiger partial charge in [-0.1, -0.05) is 29.8 Å². The van der Waals surface area contributed by atoms with Gasteiger partial charge in [0.15, 0.2) is 12.4 Å². The molecule has 1 aliphatic heterocycles. The Morgan fingerprint density at radius 3 is 2.53 bits per heavy atom. The molecule has 0 aliphatic carbocycles. The largest absolute Gasteiger partial charge is 0.477 e. The van der Waals surface area contributed by atoms with Crippen LogP contribution in [-0.4, -0.2) is 54.4 Å². The Hall–Kier alpha value is -3.63. The number of nitrogens with one attached hydrogen (secondary N) is 1. The molecule has 3 aromatic rings. The lowest BCUT2D eigenvalue weighted by molar-refractivity contribution is -0.385. The topological polar surface area (TPSA) is 105 Å². The van der Waals surface area contributed by atoms with Gasteiger partial charge in [-0.25, -0.2) is 0 Å². The van der Waals surface area contributed by atoms with Gasteiger partial charge in [0, 0.05) is 37.9 Å². The average Bonchev–Trinajstić information content (AvgIpc) is 3.38. The van der Waals surface area contributed by atoms with Crippen LogP contribution in [0.3, 0.4) is 0 Å². The molecule has 1 aromatic heterocycles. The third-order valence-corrected chi connectivity index (χ3v) is 6.45. The standard InChI is InChI=1S/C23H21ClN4O5S/c24-17-14-16(25-22(29)15-33-20-5-2-1-4-19(20)28(31)32)7-8-18(17)26-9-11-27(12-10-26)23(30)21-6-3-13-34-21/h1-8,13-14H,9-12,15H2,(H,25,29). The average molecular weight is 501 g/mol. The fraction of sp³-hybridized carbons (Fsp3) is 0.217. The summed E-state index contributed by atoms with van der Waals surface area (Å²) in [5.74, 6) is -0.405. The van der Waals surface area contributed by atoms with E-state index < -0.39 is 10.8 Å². The van der Waals surface area contributed by atoms with Crippen molar-refractivity contribution in [2.24, 2.45) is 0 Å². The number of para-hydroxylation sites is 2. The third-order valence-electron chi connectivity index (χ3n) is 5.29. The van der Waals surface area contributed by atoms with E-state index in [4.69, 9.17) is 16.3 Å². The number of rotatable bonds is 7. The SMILES string of the molecule is O=C(COc1ccccc1[N+](=O)[O-])Nc1ccc(N2CCN(C(=O)c3cccs3)CC2)c(Cl)c1. The number of benzene rings is 2. The molecule has 0 saturated carbocycles. The molecule has 1 fully saturated rings. The highest BCUT2D eigenvalue weighted by Crippen LogP contribution is 2.30. The summed E-state index contributed by atoms with van der Waals surface area (Å²) < 4.78 is 5.31. The maximum absolute atomic E-state index is 12.5. The number of carbonyl (C=O) groups is 2. The number of ether oxygens (including phenoxy) is 1. The summed E-state index contributed by atoms with van der Waals surface area (Å²) in [5.41, 5.74) is 1.09. The minimum atomic E-state index is -0.566. The van der Waals surface area contributed by atoms with E-state index in [1.807, 2.05) is 28.5 Å². The molecule has 4 rings (SSSR count). The van der Waals surface area contributed by atoms with Gasteiger partial charge in [-0.2, -0.15) is 0 Å². The number of carbonyl (C=O) groups excluding carboxylic acids is 2. The molecule has 1 aliphatic rings. The first-order valence-electron chi connectivity index (χ1n) is 10.5. The molecule has 2 aromatic carbocycles. The van der Waals surface area contributed by atoms with Crippen molar-refractivity contribution in [2.45, 2.75) is 0 Å². The number of nitro benzene ring substituents is 1. The zero-order valence-corrected chi connectivity index (χ0v) is 19.6. The summed E-state index contributed by atoms with van der Waals surface area (Å²) in [6.07, 6.45) is 0. The normalized spacial score (nSPS) is 13.4. The monoisotopic (exact) mass is 500 g/mol. The molecule has 0 bridgehead atoms. The van der Waals surface area contributed by atoms with Crippen molar-refractivity contribution in [1.82, 2.24) is 4.90 Å². The lowest BCUT2D eigenvalue weighted by Gasteiger charge is -2.36. The van der Waals surface area contributed by atoms with Crippen LogP contribution in [0.1, 0.15) is 9.67 Å². The third kappa shape index (κ3) is 5.46. The van der Waals surface area contributed by atoms with E-state index in [1.54, 1.807) is 18.2 Å². The Morgan fingerprint density at radius 1 is 1.09 bits per heavy atom. The molecule has 1 saturated heterocycles. The van der Waals surface area contributed by atoms with Crippen LogP contribution in [-0.2, 0) is 4.79 Å². The first-order chi connectivity index (χ1) is 16.4. The van der Waals surface area contributed by atoms with Gasteiger partial charge in [0.25, 0.3) is 11.8 Å². The smallest absolute Gasteiger partial charge is 0.310 e. The highest BCUT2D eigenvalue weighted by molar-refractivity contribution is 7.12. The van der Waals surface area contributed by atoms with E-state index in [-0.39, 0.29) is 24.0 Å². The molecule has 2 amide bonds. The van der Waals surface area contributed by atoms with Crippen LogP contribution in [0.4, 0.5) is 17.1 Å². The number of amides is 2. The van der Waals surface area contributed by atoms with Gasteiger partial charge in [-0.05, 0) is 35.7 Å². The summed E-state index contributed by atoms with van der Waals surface area (Å²) in [6, 6.07) is 14.7. The van der Waals surface area contributed by atoms with E-state index in [1.165, 1.54) is 29.5 Å². The number of hydrogen-bond acceptors (Lipinski definition) is 7. The first-order valence-corrected chi connectivity index (χ1v) is 11.7. The molecule has 2 heterocycles. The minimum absolute atomic E-state index is 0.0210. The number of halogens is 1. The lowest BCUT2D eigenvalue weighted by Crippen LogP contribution is -2.48. The van der Waals surface area contributed by atoms with Gasteiger partial charge >= 0.3 is 5.69 Å². The lowest BCUT2D eigenvalue weighted by atomic mass is 10.2. The number of anilines is 2. The molecule has 34 heavy (non-hydrogen) atoms. The van der Waals surface area contributed by atoms with Gasteiger partial charge in [0.1, 0.15) is 0 Å². The van der Waals surface area contributed by atoms with Crippen molar-refractivity contribution in [1.29, 1.82) is 0 Å². The van der Waals surface area contributed by atoms with Crippen molar-refractivity contribution in [3.8, 4) is 5.75 Å². The first kappa shape index (κ1) is 23.5. The molecular weight excluding hydrogens is 480 g/mol. The Kier molecular flexibility index (Phi) is 7.29. The Labute approximate surface area is 204 Å². The van der Waals surface area contributed by atoms with E-state index in [0.29, 0.717) is 36.9 Å². The number of piperazine rings is 1. The molecule has 0 unspecified atom stereocenters. The zero-order valence-electron chi connectivity index (χ0n) is 18.0. The van der Waals surface area contributed by atoms with E-state index in [2.05, 4.69) is 10.2 Å². The molecule has 11 heteroatoms. The van der Waals surface area contributed by atoms with Crippen LogP contribution < -0.4 is 15.0 Å². The fourth-order valence-electron chi connectivity index (χ4n) is 3.62.